The average Bonchev–Trinajstić information content (AvgIpc) is 2.27. The molecule has 1 aromatic heterocycles. The molecule has 0 saturated carbocycles. The molecule has 0 bridgehead atoms. The van der Waals surface area contributed by atoms with Crippen LogP contribution in [-0.4, -0.2) is 23.3 Å². The predicted octanol–water partition coefficient (Wildman–Crippen LogP) is 2.47. The van der Waals surface area contributed by atoms with Crippen molar-refractivity contribution in [3.05, 3.63) is 30.1 Å². The van der Waals surface area contributed by atoms with Gasteiger partial charge in [0.05, 0.1) is 0 Å². The van der Waals surface area contributed by atoms with Crippen LogP contribution in [0.4, 0.5) is 0 Å². The van der Waals surface area contributed by atoms with Crippen molar-refractivity contribution in [1.82, 2.24) is 10.3 Å². The van der Waals surface area contributed by atoms with Gasteiger partial charge >= 0.3 is 0 Å². The minimum Gasteiger partial charge on any atom is -0.352 e. The van der Waals surface area contributed by atoms with Crippen LogP contribution in [0.25, 0.3) is 0 Å². The van der Waals surface area contributed by atoms with Crippen LogP contribution in [0.1, 0.15) is 30.6 Å². The van der Waals surface area contributed by atoms with E-state index in [0.29, 0.717) is 18.0 Å². The molecule has 0 atom stereocenters. The molecular weight excluding hydrogens is 224 g/mol. The molecule has 0 spiro atoms. The number of rotatable bonds is 5. The highest BCUT2D eigenvalue weighted by Gasteiger charge is 2.18. The zero-order valence-electron chi connectivity index (χ0n) is 9.66. The second-order valence-electron chi connectivity index (χ2n) is 4.52. The number of halogens is 1. The van der Waals surface area contributed by atoms with E-state index in [2.05, 4.69) is 24.1 Å². The summed E-state index contributed by atoms with van der Waals surface area (Å²) in [6.07, 6.45) is 4.10. The van der Waals surface area contributed by atoms with E-state index in [1.54, 1.807) is 24.5 Å². The molecule has 1 rings (SSSR count). The van der Waals surface area contributed by atoms with Crippen LogP contribution in [0.3, 0.4) is 0 Å². The zero-order valence-corrected chi connectivity index (χ0v) is 10.4. The van der Waals surface area contributed by atoms with Gasteiger partial charge in [-0.25, -0.2) is 0 Å². The number of hydrogen-bond acceptors (Lipinski definition) is 2. The summed E-state index contributed by atoms with van der Waals surface area (Å²) in [5, 5.41) is 2.90. The van der Waals surface area contributed by atoms with Crippen molar-refractivity contribution >= 4 is 17.5 Å². The summed E-state index contributed by atoms with van der Waals surface area (Å²) >= 11 is 5.70. The summed E-state index contributed by atoms with van der Waals surface area (Å²) in [6, 6.07) is 3.40. The second kappa shape index (κ2) is 5.85. The molecule has 0 aliphatic heterocycles. The molecule has 0 aliphatic carbocycles. The predicted molar refractivity (Wildman–Crippen MR) is 65.7 cm³/mol. The number of aromatic nitrogens is 1. The Labute approximate surface area is 101 Å². The van der Waals surface area contributed by atoms with E-state index in [4.69, 9.17) is 11.6 Å². The van der Waals surface area contributed by atoms with E-state index in [9.17, 15) is 4.79 Å². The van der Waals surface area contributed by atoms with Crippen molar-refractivity contribution in [2.24, 2.45) is 5.41 Å². The summed E-state index contributed by atoms with van der Waals surface area (Å²) < 4.78 is 0. The third-order valence-electron chi connectivity index (χ3n) is 2.44. The molecule has 1 heterocycles. The van der Waals surface area contributed by atoms with Crippen LogP contribution < -0.4 is 5.32 Å². The van der Waals surface area contributed by atoms with Gasteiger partial charge in [-0.15, -0.1) is 11.6 Å². The third-order valence-corrected chi connectivity index (χ3v) is 2.63. The molecule has 16 heavy (non-hydrogen) atoms. The Morgan fingerprint density at radius 2 is 2.06 bits per heavy atom. The molecule has 1 aromatic rings. The van der Waals surface area contributed by atoms with E-state index < -0.39 is 0 Å². The van der Waals surface area contributed by atoms with Gasteiger partial charge in [-0.1, -0.05) is 13.8 Å². The SMILES string of the molecule is CC(C)(CCCl)CNC(=O)c1ccncc1. The van der Waals surface area contributed by atoms with E-state index >= 15 is 0 Å². The monoisotopic (exact) mass is 240 g/mol. The van der Waals surface area contributed by atoms with Crippen molar-refractivity contribution in [2.45, 2.75) is 20.3 Å². The number of carbonyl (C=O) groups is 1. The first kappa shape index (κ1) is 13.0. The third kappa shape index (κ3) is 4.19. The molecule has 0 aromatic carbocycles. The van der Waals surface area contributed by atoms with Crippen molar-refractivity contribution in [2.75, 3.05) is 12.4 Å². The number of alkyl halides is 1. The normalized spacial score (nSPS) is 11.2. The molecule has 0 unspecified atom stereocenters. The first-order chi connectivity index (χ1) is 7.55. The maximum Gasteiger partial charge on any atom is 0.251 e. The summed E-state index contributed by atoms with van der Waals surface area (Å²) in [7, 11) is 0. The largest absolute Gasteiger partial charge is 0.352 e. The Hall–Kier alpha value is -1.09. The smallest absolute Gasteiger partial charge is 0.251 e. The fourth-order valence-corrected chi connectivity index (χ4v) is 1.78. The average molecular weight is 241 g/mol. The summed E-state index contributed by atoms with van der Waals surface area (Å²) in [4.78, 5) is 15.6. The first-order valence-electron chi connectivity index (χ1n) is 5.29. The number of pyridine rings is 1. The standard InChI is InChI=1S/C12H17ClN2O/c1-12(2,5-6-13)9-15-11(16)10-3-7-14-8-4-10/h3-4,7-8H,5-6,9H2,1-2H3,(H,15,16). The molecular formula is C12H17ClN2O. The Kier molecular flexibility index (Phi) is 4.74. The molecule has 88 valence electrons. The number of amides is 1. The molecule has 0 radical (unpaired) electrons. The minimum atomic E-state index is -0.0648. The lowest BCUT2D eigenvalue weighted by atomic mass is 9.90. The minimum absolute atomic E-state index is 0.0322. The Morgan fingerprint density at radius 3 is 2.62 bits per heavy atom. The van der Waals surface area contributed by atoms with Crippen LogP contribution in [-0.2, 0) is 0 Å². The molecule has 1 N–H and O–H groups in total. The highest BCUT2D eigenvalue weighted by atomic mass is 35.5. The van der Waals surface area contributed by atoms with Gasteiger partial charge in [0.15, 0.2) is 0 Å². The summed E-state index contributed by atoms with van der Waals surface area (Å²) in [6.45, 7) is 4.80. The Bertz CT molecular complexity index is 338. The maximum absolute atomic E-state index is 11.7. The van der Waals surface area contributed by atoms with Gasteiger partial charge in [-0.3, -0.25) is 9.78 Å². The molecule has 3 nitrogen and oxygen atoms in total. The zero-order chi connectivity index (χ0) is 12.0. The van der Waals surface area contributed by atoms with Crippen LogP contribution in [0.2, 0.25) is 0 Å². The van der Waals surface area contributed by atoms with Crippen molar-refractivity contribution in [3.8, 4) is 0 Å². The van der Waals surface area contributed by atoms with Gasteiger partial charge in [-0.2, -0.15) is 0 Å². The van der Waals surface area contributed by atoms with Gasteiger partial charge in [-0.05, 0) is 24.0 Å². The lowest BCUT2D eigenvalue weighted by Gasteiger charge is -2.23. The van der Waals surface area contributed by atoms with Gasteiger partial charge in [0.2, 0.25) is 0 Å². The number of nitrogens with one attached hydrogen (secondary N) is 1. The fourth-order valence-electron chi connectivity index (χ4n) is 1.27. The molecule has 1 amide bonds. The van der Waals surface area contributed by atoms with Gasteiger partial charge in [0, 0.05) is 30.4 Å². The summed E-state index contributed by atoms with van der Waals surface area (Å²) in [5.41, 5.74) is 0.668. The lowest BCUT2D eigenvalue weighted by molar-refractivity contribution is 0.0935. The maximum atomic E-state index is 11.7. The molecule has 0 aliphatic rings. The molecule has 0 fully saturated rings. The summed E-state index contributed by atoms with van der Waals surface area (Å²) in [5.74, 6) is 0.544. The van der Waals surface area contributed by atoms with Crippen molar-refractivity contribution in [1.29, 1.82) is 0 Å². The Balaban J connectivity index is 2.48. The quantitative estimate of drug-likeness (QED) is 0.804. The van der Waals surface area contributed by atoms with Crippen LogP contribution >= 0.6 is 11.6 Å². The van der Waals surface area contributed by atoms with E-state index in [-0.39, 0.29) is 11.3 Å². The lowest BCUT2D eigenvalue weighted by Crippen LogP contribution is -2.34. The van der Waals surface area contributed by atoms with Gasteiger partial charge in [0.25, 0.3) is 5.91 Å². The van der Waals surface area contributed by atoms with Gasteiger partial charge in [0.1, 0.15) is 0 Å². The van der Waals surface area contributed by atoms with Gasteiger partial charge < -0.3 is 5.32 Å². The highest BCUT2D eigenvalue weighted by Crippen LogP contribution is 2.19. The van der Waals surface area contributed by atoms with Crippen LogP contribution in [0, 0.1) is 5.41 Å². The Morgan fingerprint density at radius 1 is 1.44 bits per heavy atom. The number of nitrogens with zero attached hydrogens (tertiary/aromatic N) is 1. The van der Waals surface area contributed by atoms with Crippen LogP contribution in [0.5, 0.6) is 0 Å². The molecule has 0 saturated heterocycles. The number of carbonyl (C=O) groups excluding carboxylic acids is 1. The van der Waals surface area contributed by atoms with Crippen molar-refractivity contribution < 1.29 is 4.79 Å². The highest BCUT2D eigenvalue weighted by molar-refractivity contribution is 6.17. The molecule has 4 heteroatoms. The number of hydrogen-bond donors (Lipinski definition) is 1. The first-order valence-corrected chi connectivity index (χ1v) is 5.83. The van der Waals surface area contributed by atoms with Crippen molar-refractivity contribution in [3.63, 3.8) is 0 Å². The topological polar surface area (TPSA) is 42.0 Å². The van der Waals surface area contributed by atoms with E-state index in [1.165, 1.54) is 0 Å². The van der Waals surface area contributed by atoms with E-state index in [0.717, 1.165) is 6.42 Å². The van der Waals surface area contributed by atoms with E-state index in [1.807, 2.05) is 0 Å². The van der Waals surface area contributed by atoms with Crippen LogP contribution in [0.15, 0.2) is 24.5 Å². The second-order valence-corrected chi connectivity index (χ2v) is 4.90. The fraction of sp³-hybridized carbons (Fsp3) is 0.500.